The van der Waals surface area contributed by atoms with E-state index in [9.17, 15) is 0 Å². The van der Waals surface area contributed by atoms with Gasteiger partial charge < -0.3 is 0 Å². The van der Waals surface area contributed by atoms with Gasteiger partial charge in [0.2, 0.25) is 0 Å². The van der Waals surface area contributed by atoms with Crippen LogP contribution >= 0.6 is 11.6 Å². The minimum atomic E-state index is 0.482. The highest BCUT2D eigenvalue weighted by Crippen LogP contribution is 2.41. The molecule has 2 aliphatic rings. The lowest BCUT2D eigenvalue weighted by Gasteiger charge is -2.36. The Morgan fingerprint density at radius 3 is 1.94 bits per heavy atom. The largest absolute Gasteiger partial charge is 0.123 e. The van der Waals surface area contributed by atoms with Gasteiger partial charge in [0.05, 0.1) is 0 Å². The first-order valence-corrected chi connectivity index (χ1v) is 7.98. The molecule has 0 aromatic heterocycles. The minimum Gasteiger partial charge on any atom is -0.123 e. The summed E-state index contributed by atoms with van der Waals surface area (Å²) in [7, 11) is 0. The van der Waals surface area contributed by atoms with Crippen molar-refractivity contribution in [3.8, 4) is 0 Å². The standard InChI is InChI=1S/C16H27Cl/c1-2-3-4-13-5-7-14(8-6-13)15-9-11-16(17)12-10-15/h2,13-16H,1,3-12H2. The Bertz CT molecular complexity index is 220. The van der Waals surface area contributed by atoms with Gasteiger partial charge in [0.25, 0.3) is 0 Å². The van der Waals surface area contributed by atoms with E-state index in [4.69, 9.17) is 11.6 Å². The van der Waals surface area contributed by atoms with E-state index in [0.717, 1.165) is 17.8 Å². The second-order valence-corrected chi connectivity index (χ2v) is 6.78. The smallest absolute Gasteiger partial charge is 0.0336 e. The molecule has 0 saturated heterocycles. The fraction of sp³-hybridized carbons (Fsp3) is 0.875. The van der Waals surface area contributed by atoms with E-state index in [0.29, 0.717) is 5.38 Å². The molecule has 0 bridgehead atoms. The third-order valence-corrected chi connectivity index (χ3v) is 5.47. The summed E-state index contributed by atoms with van der Waals surface area (Å²) in [5.41, 5.74) is 0. The van der Waals surface area contributed by atoms with Crippen LogP contribution in [0.1, 0.15) is 64.2 Å². The third-order valence-electron chi connectivity index (χ3n) is 5.04. The zero-order chi connectivity index (χ0) is 12.1. The first kappa shape index (κ1) is 13.5. The SMILES string of the molecule is C=CCCC1CCC(C2CCC(Cl)CC2)CC1. The van der Waals surface area contributed by atoms with Crippen molar-refractivity contribution in [1.29, 1.82) is 0 Å². The number of allylic oxidation sites excluding steroid dienone is 1. The maximum Gasteiger partial charge on any atom is 0.0336 e. The number of rotatable bonds is 4. The van der Waals surface area contributed by atoms with Crippen LogP contribution in [0, 0.1) is 17.8 Å². The maximum atomic E-state index is 6.19. The van der Waals surface area contributed by atoms with E-state index in [1.165, 1.54) is 64.2 Å². The molecule has 17 heavy (non-hydrogen) atoms. The fourth-order valence-corrected chi connectivity index (χ4v) is 4.10. The van der Waals surface area contributed by atoms with E-state index in [-0.39, 0.29) is 0 Å². The van der Waals surface area contributed by atoms with Gasteiger partial charge in [0.15, 0.2) is 0 Å². The van der Waals surface area contributed by atoms with E-state index in [2.05, 4.69) is 12.7 Å². The van der Waals surface area contributed by atoms with Gasteiger partial charge in [0.1, 0.15) is 0 Å². The van der Waals surface area contributed by atoms with Crippen molar-refractivity contribution in [1.82, 2.24) is 0 Å². The lowest BCUT2D eigenvalue weighted by atomic mass is 9.70. The highest BCUT2D eigenvalue weighted by Gasteiger charge is 2.29. The van der Waals surface area contributed by atoms with E-state index in [1.54, 1.807) is 0 Å². The minimum absolute atomic E-state index is 0.482. The molecule has 1 heteroatoms. The predicted octanol–water partition coefficient (Wildman–Crippen LogP) is 5.56. The molecule has 2 fully saturated rings. The Balaban J connectivity index is 1.69. The first-order valence-electron chi connectivity index (χ1n) is 7.54. The van der Waals surface area contributed by atoms with Crippen LogP contribution in [0.5, 0.6) is 0 Å². The normalized spacial score (nSPS) is 38.9. The van der Waals surface area contributed by atoms with Gasteiger partial charge in [-0.05, 0) is 69.1 Å². The molecule has 2 rings (SSSR count). The lowest BCUT2D eigenvalue weighted by molar-refractivity contribution is 0.165. The zero-order valence-electron chi connectivity index (χ0n) is 11.0. The van der Waals surface area contributed by atoms with Crippen LogP contribution in [0.15, 0.2) is 12.7 Å². The summed E-state index contributed by atoms with van der Waals surface area (Å²) >= 11 is 6.19. The summed E-state index contributed by atoms with van der Waals surface area (Å²) in [6.07, 6.45) is 15.9. The van der Waals surface area contributed by atoms with Gasteiger partial charge in [-0.3, -0.25) is 0 Å². The van der Waals surface area contributed by atoms with Gasteiger partial charge in [-0.15, -0.1) is 18.2 Å². The third kappa shape index (κ3) is 4.02. The van der Waals surface area contributed by atoms with Gasteiger partial charge in [0, 0.05) is 5.38 Å². The van der Waals surface area contributed by atoms with Crippen molar-refractivity contribution in [2.75, 3.05) is 0 Å². The van der Waals surface area contributed by atoms with Gasteiger partial charge in [-0.25, -0.2) is 0 Å². The van der Waals surface area contributed by atoms with Crippen LogP contribution in [0.3, 0.4) is 0 Å². The summed E-state index contributed by atoms with van der Waals surface area (Å²) in [6.45, 7) is 3.83. The average Bonchev–Trinajstić information content (AvgIpc) is 2.38. The Labute approximate surface area is 112 Å². The van der Waals surface area contributed by atoms with Crippen molar-refractivity contribution in [3.63, 3.8) is 0 Å². The molecule has 0 spiro atoms. The van der Waals surface area contributed by atoms with Crippen LogP contribution in [0.4, 0.5) is 0 Å². The Hall–Kier alpha value is 0.0300. The summed E-state index contributed by atoms with van der Waals surface area (Å²) in [5, 5.41) is 0.482. The average molecular weight is 255 g/mol. The summed E-state index contributed by atoms with van der Waals surface area (Å²) < 4.78 is 0. The van der Waals surface area contributed by atoms with Crippen molar-refractivity contribution in [2.24, 2.45) is 17.8 Å². The van der Waals surface area contributed by atoms with Crippen molar-refractivity contribution >= 4 is 11.6 Å². The van der Waals surface area contributed by atoms with E-state index in [1.807, 2.05) is 0 Å². The zero-order valence-corrected chi connectivity index (χ0v) is 11.8. The predicted molar refractivity (Wildman–Crippen MR) is 76.5 cm³/mol. The molecule has 0 unspecified atom stereocenters. The summed E-state index contributed by atoms with van der Waals surface area (Å²) in [4.78, 5) is 0. The van der Waals surface area contributed by atoms with Crippen molar-refractivity contribution < 1.29 is 0 Å². The molecule has 0 aromatic rings. The molecule has 0 radical (unpaired) electrons. The molecular formula is C16H27Cl. The topological polar surface area (TPSA) is 0 Å². The quantitative estimate of drug-likeness (QED) is 0.455. The molecule has 98 valence electrons. The lowest BCUT2D eigenvalue weighted by Crippen LogP contribution is -2.25. The van der Waals surface area contributed by atoms with Crippen LogP contribution in [0.25, 0.3) is 0 Å². The van der Waals surface area contributed by atoms with Crippen molar-refractivity contribution in [2.45, 2.75) is 69.6 Å². The number of alkyl halides is 1. The second-order valence-electron chi connectivity index (χ2n) is 6.16. The molecule has 2 saturated carbocycles. The molecule has 0 N–H and O–H groups in total. The second kappa shape index (κ2) is 6.83. The molecule has 0 aliphatic heterocycles. The first-order chi connectivity index (χ1) is 8.29. The number of hydrogen-bond acceptors (Lipinski definition) is 0. The Kier molecular flexibility index (Phi) is 5.41. The van der Waals surface area contributed by atoms with Crippen LogP contribution in [0.2, 0.25) is 0 Å². The monoisotopic (exact) mass is 254 g/mol. The fourth-order valence-electron chi connectivity index (χ4n) is 3.85. The summed E-state index contributed by atoms with van der Waals surface area (Å²) in [6, 6.07) is 0. The van der Waals surface area contributed by atoms with Crippen LogP contribution in [-0.4, -0.2) is 5.38 Å². The van der Waals surface area contributed by atoms with Crippen LogP contribution < -0.4 is 0 Å². The molecular weight excluding hydrogens is 228 g/mol. The highest BCUT2D eigenvalue weighted by molar-refractivity contribution is 6.20. The molecule has 0 heterocycles. The summed E-state index contributed by atoms with van der Waals surface area (Å²) in [5.74, 6) is 3.03. The number of halogens is 1. The van der Waals surface area contributed by atoms with Crippen molar-refractivity contribution in [3.05, 3.63) is 12.7 Å². The maximum absolute atomic E-state index is 6.19. The Morgan fingerprint density at radius 2 is 1.41 bits per heavy atom. The molecule has 0 nitrogen and oxygen atoms in total. The van der Waals surface area contributed by atoms with E-state index < -0.39 is 0 Å². The van der Waals surface area contributed by atoms with E-state index >= 15 is 0 Å². The molecule has 0 atom stereocenters. The molecule has 0 aromatic carbocycles. The van der Waals surface area contributed by atoms with Gasteiger partial charge >= 0.3 is 0 Å². The number of hydrogen-bond donors (Lipinski definition) is 0. The highest BCUT2D eigenvalue weighted by atomic mass is 35.5. The van der Waals surface area contributed by atoms with Crippen LogP contribution in [-0.2, 0) is 0 Å². The molecule has 0 amide bonds. The van der Waals surface area contributed by atoms with Gasteiger partial charge in [-0.2, -0.15) is 0 Å². The Morgan fingerprint density at radius 1 is 0.882 bits per heavy atom. The van der Waals surface area contributed by atoms with Gasteiger partial charge in [-0.1, -0.05) is 18.9 Å². The molecule has 2 aliphatic carbocycles.